The predicted molar refractivity (Wildman–Crippen MR) is 130 cm³/mol. The minimum Gasteiger partial charge on any atom is -0.493 e. The Kier molecular flexibility index (Phi) is 9.97. The number of hydrogen-bond acceptors (Lipinski definition) is 4. The van der Waals surface area contributed by atoms with Gasteiger partial charge in [0, 0.05) is 10.4 Å². The minimum atomic E-state index is -4.37. The van der Waals surface area contributed by atoms with E-state index in [0.717, 1.165) is 49.8 Å². The molecule has 3 aromatic rings. The first kappa shape index (κ1) is 24.7. The van der Waals surface area contributed by atoms with Crippen molar-refractivity contribution in [3.63, 3.8) is 0 Å². The van der Waals surface area contributed by atoms with E-state index in [9.17, 15) is 4.57 Å². The van der Waals surface area contributed by atoms with Crippen molar-refractivity contribution in [2.24, 2.45) is 0 Å². The SMILES string of the molecule is O=P(O)(O)OCCCCc1ccc(OCCCCCc2ccccc2)c(-c2cccs2)c1. The highest BCUT2D eigenvalue weighted by molar-refractivity contribution is 7.46. The van der Waals surface area contributed by atoms with Crippen molar-refractivity contribution < 1.29 is 23.6 Å². The number of phosphoric acid groups is 1. The first-order chi connectivity index (χ1) is 15.5. The first-order valence-electron chi connectivity index (χ1n) is 11.0. The molecule has 0 aliphatic rings. The first-order valence-corrected chi connectivity index (χ1v) is 13.5. The van der Waals surface area contributed by atoms with Gasteiger partial charge in [-0.3, -0.25) is 4.52 Å². The summed E-state index contributed by atoms with van der Waals surface area (Å²) in [5.74, 6) is 0.907. The quantitative estimate of drug-likeness (QED) is 0.202. The largest absolute Gasteiger partial charge is 0.493 e. The van der Waals surface area contributed by atoms with Crippen LogP contribution in [-0.4, -0.2) is 23.0 Å². The summed E-state index contributed by atoms with van der Waals surface area (Å²) < 4.78 is 21.4. The molecule has 0 spiro atoms. The van der Waals surface area contributed by atoms with Crippen LogP contribution in [0.25, 0.3) is 10.4 Å². The van der Waals surface area contributed by atoms with Crippen LogP contribution in [0.5, 0.6) is 5.75 Å². The number of thiophene rings is 1. The zero-order chi connectivity index (χ0) is 22.7. The van der Waals surface area contributed by atoms with Crippen LogP contribution in [-0.2, 0) is 21.9 Å². The van der Waals surface area contributed by atoms with E-state index in [4.69, 9.17) is 14.5 Å². The lowest BCUT2D eigenvalue weighted by molar-refractivity contribution is 0.194. The van der Waals surface area contributed by atoms with E-state index in [0.29, 0.717) is 13.0 Å². The van der Waals surface area contributed by atoms with Gasteiger partial charge < -0.3 is 14.5 Å². The van der Waals surface area contributed by atoms with Crippen molar-refractivity contribution in [1.82, 2.24) is 0 Å². The number of aryl methyl sites for hydroxylation is 2. The maximum Gasteiger partial charge on any atom is 0.469 e. The minimum absolute atomic E-state index is 0.0630. The van der Waals surface area contributed by atoms with Gasteiger partial charge >= 0.3 is 7.82 Å². The molecule has 0 unspecified atom stereocenters. The summed E-state index contributed by atoms with van der Waals surface area (Å²) in [6, 6.07) is 21.0. The Morgan fingerprint density at radius 3 is 2.28 bits per heavy atom. The predicted octanol–water partition coefficient (Wildman–Crippen LogP) is 6.64. The molecule has 2 aromatic carbocycles. The van der Waals surface area contributed by atoms with Gasteiger partial charge in [-0.05, 0) is 79.7 Å². The van der Waals surface area contributed by atoms with Crippen molar-refractivity contribution in [1.29, 1.82) is 0 Å². The maximum absolute atomic E-state index is 10.7. The standard InChI is InChI=1S/C25H31O5PS/c26-31(27,28)30-18-8-6-13-22-15-16-24(23(20-22)25-14-9-19-32-25)29-17-7-2-5-12-21-10-3-1-4-11-21/h1,3-4,9-11,14-16,19-20H,2,5-8,12-13,17-18H2,(H2,26,27,28). The number of ether oxygens (including phenoxy) is 1. The highest BCUT2D eigenvalue weighted by Crippen LogP contribution is 2.36. The van der Waals surface area contributed by atoms with Crippen LogP contribution in [0.2, 0.25) is 0 Å². The number of unbranched alkanes of at least 4 members (excludes halogenated alkanes) is 3. The molecule has 0 bridgehead atoms. The third-order valence-electron chi connectivity index (χ3n) is 5.16. The monoisotopic (exact) mass is 474 g/mol. The molecule has 0 atom stereocenters. The fourth-order valence-corrected chi connectivity index (χ4v) is 4.65. The molecule has 0 fully saturated rings. The molecule has 3 rings (SSSR count). The molecule has 7 heteroatoms. The Balaban J connectivity index is 1.47. The van der Waals surface area contributed by atoms with Gasteiger partial charge in [0.1, 0.15) is 5.75 Å². The van der Waals surface area contributed by atoms with Crippen LogP contribution in [0.15, 0.2) is 66.0 Å². The molecule has 5 nitrogen and oxygen atoms in total. The van der Waals surface area contributed by atoms with Gasteiger partial charge in [-0.2, -0.15) is 0 Å². The van der Waals surface area contributed by atoms with Crippen molar-refractivity contribution >= 4 is 19.2 Å². The summed E-state index contributed by atoms with van der Waals surface area (Å²) in [4.78, 5) is 18.7. The van der Waals surface area contributed by atoms with E-state index in [1.165, 1.54) is 16.0 Å². The smallest absolute Gasteiger partial charge is 0.469 e. The van der Waals surface area contributed by atoms with Gasteiger partial charge in [0.15, 0.2) is 0 Å². The van der Waals surface area contributed by atoms with Crippen LogP contribution in [0.3, 0.4) is 0 Å². The Hall–Kier alpha value is -1.95. The Morgan fingerprint density at radius 1 is 0.781 bits per heavy atom. The zero-order valence-electron chi connectivity index (χ0n) is 18.2. The molecule has 172 valence electrons. The van der Waals surface area contributed by atoms with Gasteiger partial charge in [-0.15, -0.1) is 11.3 Å². The lowest BCUT2D eigenvalue weighted by atomic mass is 10.0. The Labute approximate surface area is 194 Å². The van der Waals surface area contributed by atoms with Crippen LogP contribution in [0.1, 0.15) is 43.2 Å². The van der Waals surface area contributed by atoms with E-state index in [1.807, 2.05) is 12.1 Å². The van der Waals surface area contributed by atoms with Crippen molar-refractivity contribution in [2.45, 2.75) is 44.9 Å². The summed E-state index contributed by atoms with van der Waals surface area (Å²) in [6.07, 6.45) is 6.65. The van der Waals surface area contributed by atoms with Crippen LogP contribution >= 0.6 is 19.2 Å². The summed E-state index contributed by atoms with van der Waals surface area (Å²) in [5.41, 5.74) is 3.67. The van der Waals surface area contributed by atoms with Gasteiger partial charge in [-0.1, -0.05) is 42.5 Å². The second-order valence-corrected chi connectivity index (χ2v) is 9.92. The fourth-order valence-electron chi connectivity index (χ4n) is 3.53. The third-order valence-corrected chi connectivity index (χ3v) is 6.58. The second kappa shape index (κ2) is 12.9. The molecule has 0 aliphatic heterocycles. The maximum atomic E-state index is 10.7. The molecule has 0 radical (unpaired) electrons. The number of phosphoric ester groups is 1. The van der Waals surface area contributed by atoms with Gasteiger partial charge in [-0.25, -0.2) is 4.57 Å². The summed E-state index contributed by atoms with van der Waals surface area (Å²) in [5, 5.41) is 2.06. The highest BCUT2D eigenvalue weighted by atomic mass is 32.1. The molecule has 0 amide bonds. The average Bonchev–Trinajstić information content (AvgIpc) is 3.31. The van der Waals surface area contributed by atoms with Crippen LogP contribution in [0.4, 0.5) is 0 Å². The van der Waals surface area contributed by atoms with E-state index < -0.39 is 7.82 Å². The molecule has 1 heterocycles. The molecular weight excluding hydrogens is 443 g/mol. The van der Waals surface area contributed by atoms with E-state index in [-0.39, 0.29) is 6.61 Å². The normalized spacial score (nSPS) is 11.6. The van der Waals surface area contributed by atoms with Crippen molar-refractivity contribution in [3.05, 3.63) is 77.2 Å². The lowest BCUT2D eigenvalue weighted by Crippen LogP contribution is -2.00. The number of rotatable bonds is 14. The van der Waals surface area contributed by atoms with Gasteiger partial charge in [0.2, 0.25) is 0 Å². The second-order valence-electron chi connectivity index (χ2n) is 7.73. The number of benzene rings is 2. The van der Waals surface area contributed by atoms with Crippen molar-refractivity contribution in [2.75, 3.05) is 13.2 Å². The summed E-state index contributed by atoms with van der Waals surface area (Å²) in [6.45, 7) is 0.764. The van der Waals surface area contributed by atoms with Crippen LogP contribution < -0.4 is 4.74 Å². The van der Waals surface area contributed by atoms with Gasteiger partial charge in [0.05, 0.1) is 13.2 Å². The highest BCUT2D eigenvalue weighted by Gasteiger charge is 2.13. The summed E-state index contributed by atoms with van der Waals surface area (Å²) in [7, 11) is -4.37. The zero-order valence-corrected chi connectivity index (χ0v) is 19.9. The van der Waals surface area contributed by atoms with E-state index in [1.54, 1.807) is 11.3 Å². The summed E-state index contributed by atoms with van der Waals surface area (Å²) >= 11 is 1.69. The molecule has 2 N–H and O–H groups in total. The third kappa shape index (κ3) is 8.89. The van der Waals surface area contributed by atoms with Crippen molar-refractivity contribution in [3.8, 4) is 16.2 Å². The topological polar surface area (TPSA) is 76.0 Å². The van der Waals surface area contributed by atoms with Crippen LogP contribution in [0, 0.1) is 0 Å². The Bertz CT molecular complexity index is 969. The average molecular weight is 475 g/mol. The molecule has 32 heavy (non-hydrogen) atoms. The molecule has 1 aromatic heterocycles. The van der Waals surface area contributed by atoms with Gasteiger partial charge in [0.25, 0.3) is 0 Å². The van der Waals surface area contributed by atoms with E-state index >= 15 is 0 Å². The molecule has 0 aliphatic carbocycles. The number of hydrogen-bond donors (Lipinski definition) is 2. The fraction of sp³-hybridized carbons (Fsp3) is 0.360. The Morgan fingerprint density at radius 2 is 1.53 bits per heavy atom. The molecule has 0 saturated carbocycles. The lowest BCUT2D eigenvalue weighted by Gasteiger charge is -2.13. The van der Waals surface area contributed by atoms with E-state index in [2.05, 4.69) is 58.4 Å². The molecular formula is C25H31O5PS. The molecule has 0 saturated heterocycles.